The topological polar surface area (TPSA) is 105 Å². The molecular weight excluding hydrogens is 521 g/mol. The van der Waals surface area contributed by atoms with E-state index in [1.807, 2.05) is 30.3 Å². The molecule has 1 aliphatic rings. The average molecular weight is 550 g/mol. The van der Waals surface area contributed by atoms with Crippen LogP contribution in [0.3, 0.4) is 0 Å². The van der Waals surface area contributed by atoms with Crippen molar-refractivity contribution < 1.29 is 13.9 Å². The summed E-state index contributed by atoms with van der Waals surface area (Å²) in [6.45, 7) is 3.52. The minimum atomic E-state index is -0.383. The summed E-state index contributed by atoms with van der Waals surface area (Å²) >= 11 is 0. The molecule has 0 amide bonds. The number of hydrogen-bond acceptors (Lipinski definition) is 7. The van der Waals surface area contributed by atoms with Crippen molar-refractivity contribution in [3.63, 3.8) is 0 Å². The number of pyridine rings is 2. The Balaban J connectivity index is 1.23. The van der Waals surface area contributed by atoms with Crippen LogP contribution < -0.4 is 9.47 Å². The number of nitrogens with zero attached hydrogens (tertiary/aromatic N) is 5. The number of rotatable bonds is 8. The Morgan fingerprint density at radius 1 is 0.902 bits per heavy atom. The summed E-state index contributed by atoms with van der Waals surface area (Å²) in [4.78, 5) is 19.5. The van der Waals surface area contributed by atoms with Gasteiger partial charge in [-0.1, -0.05) is 6.07 Å². The Morgan fingerprint density at radius 3 is 2.66 bits per heavy atom. The van der Waals surface area contributed by atoms with Gasteiger partial charge in [-0.15, -0.1) is 0 Å². The van der Waals surface area contributed by atoms with Crippen LogP contribution in [0.1, 0.15) is 12.8 Å². The maximum atomic E-state index is 14.7. The van der Waals surface area contributed by atoms with Crippen LogP contribution in [-0.2, 0) is 0 Å². The molecule has 2 N–H and O–H groups in total. The number of imidazole rings is 1. The van der Waals surface area contributed by atoms with Gasteiger partial charge in [0, 0.05) is 41.5 Å². The molecule has 9 nitrogen and oxygen atoms in total. The zero-order chi connectivity index (χ0) is 27.8. The molecule has 0 spiro atoms. The highest BCUT2D eigenvalue weighted by atomic mass is 19.1. The molecule has 5 heterocycles. The van der Waals surface area contributed by atoms with Crippen LogP contribution in [0.2, 0.25) is 0 Å². The standard InChI is InChI=1S/C31H28FN7O2/c1-40-24-14-21(17-33-18-24)19-4-5-26-25(15-19)29(38-37-26)31-35-27-6-7-34-28(30(27)36-31)20-12-22(32)16-23(13-20)41-11-10-39-8-2-3-9-39/h4-7,12-18H,2-3,8-11H2,1H3,(H,35,36)(H,37,38). The number of nitrogens with one attached hydrogen (secondary N) is 2. The number of ether oxygens (including phenoxy) is 2. The van der Waals surface area contributed by atoms with E-state index in [2.05, 4.69) is 36.1 Å². The summed E-state index contributed by atoms with van der Waals surface area (Å²) in [5.41, 5.74) is 6.02. The average Bonchev–Trinajstić information content (AvgIpc) is 3.76. The Morgan fingerprint density at radius 2 is 1.78 bits per heavy atom. The second-order valence-corrected chi connectivity index (χ2v) is 10.2. The quantitative estimate of drug-likeness (QED) is 0.245. The second-order valence-electron chi connectivity index (χ2n) is 10.2. The molecule has 1 aliphatic heterocycles. The highest BCUT2D eigenvalue weighted by Gasteiger charge is 2.18. The summed E-state index contributed by atoms with van der Waals surface area (Å²) in [7, 11) is 1.62. The first kappa shape index (κ1) is 25.2. The molecule has 6 aromatic rings. The SMILES string of the molecule is COc1cncc(-c2ccc3[nH]nc(-c4nc5c(-c6cc(F)cc(OCCN7CCCC7)c6)nccc5[nH]4)c3c2)c1. The minimum absolute atomic E-state index is 0.383. The van der Waals surface area contributed by atoms with Crippen molar-refractivity contribution in [3.05, 3.63) is 72.9 Å². The van der Waals surface area contributed by atoms with Gasteiger partial charge in [-0.25, -0.2) is 9.37 Å². The molecule has 0 atom stereocenters. The van der Waals surface area contributed by atoms with Crippen LogP contribution in [0.25, 0.3) is 55.8 Å². The third-order valence-corrected chi connectivity index (χ3v) is 7.49. The monoisotopic (exact) mass is 549 g/mol. The highest BCUT2D eigenvalue weighted by molar-refractivity contribution is 5.97. The van der Waals surface area contributed by atoms with Gasteiger partial charge in [-0.05, 0) is 67.9 Å². The van der Waals surface area contributed by atoms with Crippen LogP contribution >= 0.6 is 0 Å². The number of aromatic amines is 2. The largest absolute Gasteiger partial charge is 0.495 e. The Labute approximate surface area is 235 Å². The van der Waals surface area contributed by atoms with Crippen LogP contribution in [0.15, 0.2) is 67.1 Å². The first-order valence-corrected chi connectivity index (χ1v) is 13.6. The van der Waals surface area contributed by atoms with Gasteiger partial charge in [-0.2, -0.15) is 5.10 Å². The Bertz CT molecular complexity index is 1860. The maximum Gasteiger partial charge on any atom is 0.159 e. The predicted molar refractivity (Wildman–Crippen MR) is 155 cm³/mol. The first-order chi connectivity index (χ1) is 20.1. The van der Waals surface area contributed by atoms with Gasteiger partial charge >= 0.3 is 0 Å². The van der Waals surface area contributed by atoms with Crippen molar-refractivity contribution in [2.45, 2.75) is 12.8 Å². The van der Waals surface area contributed by atoms with E-state index in [0.717, 1.165) is 47.2 Å². The summed E-state index contributed by atoms with van der Waals surface area (Å²) in [5.74, 6) is 1.36. The molecule has 0 aliphatic carbocycles. The third-order valence-electron chi connectivity index (χ3n) is 7.49. The summed E-state index contributed by atoms with van der Waals surface area (Å²) < 4.78 is 26.0. The molecule has 0 radical (unpaired) electrons. The fourth-order valence-corrected chi connectivity index (χ4v) is 5.40. The number of likely N-dealkylation sites (tertiary alicyclic amines) is 1. The van der Waals surface area contributed by atoms with Crippen LogP contribution in [0, 0.1) is 5.82 Å². The van der Waals surface area contributed by atoms with E-state index < -0.39 is 0 Å². The number of hydrogen-bond donors (Lipinski definition) is 2. The molecule has 206 valence electrons. The second kappa shape index (κ2) is 10.6. The number of halogens is 1. The number of methoxy groups -OCH3 is 1. The number of aromatic nitrogens is 6. The lowest BCUT2D eigenvalue weighted by atomic mass is 10.0. The Hall–Kier alpha value is -4.83. The van der Waals surface area contributed by atoms with E-state index in [1.165, 1.54) is 25.0 Å². The van der Waals surface area contributed by atoms with Crippen molar-refractivity contribution >= 4 is 21.9 Å². The van der Waals surface area contributed by atoms with Gasteiger partial charge in [0.25, 0.3) is 0 Å². The number of fused-ring (bicyclic) bond motifs is 2. The minimum Gasteiger partial charge on any atom is -0.495 e. The third kappa shape index (κ3) is 4.98. The van der Waals surface area contributed by atoms with Gasteiger partial charge in [0.2, 0.25) is 0 Å². The lowest BCUT2D eigenvalue weighted by molar-refractivity contribution is 0.237. The smallest absolute Gasteiger partial charge is 0.159 e. The van der Waals surface area contributed by atoms with Gasteiger partial charge < -0.3 is 14.5 Å². The molecule has 1 fully saturated rings. The van der Waals surface area contributed by atoms with Gasteiger partial charge in [0.15, 0.2) is 5.82 Å². The van der Waals surface area contributed by atoms with Gasteiger partial charge in [-0.3, -0.25) is 20.0 Å². The maximum absolute atomic E-state index is 14.7. The summed E-state index contributed by atoms with van der Waals surface area (Å²) in [6, 6.07) is 14.5. The van der Waals surface area contributed by atoms with Crippen molar-refractivity contribution in [1.82, 2.24) is 35.0 Å². The molecule has 7 rings (SSSR count). The van der Waals surface area contributed by atoms with E-state index in [-0.39, 0.29) is 5.82 Å². The van der Waals surface area contributed by atoms with Crippen LogP contribution in [-0.4, -0.2) is 68.4 Å². The fraction of sp³-hybridized carbons (Fsp3) is 0.226. The van der Waals surface area contributed by atoms with Crippen molar-refractivity contribution in [2.24, 2.45) is 0 Å². The Kier molecular flexibility index (Phi) is 6.52. The molecule has 4 aromatic heterocycles. The summed E-state index contributed by atoms with van der Waals surface area (Å²) in [5, 5.41) is 8.56. The molecule has 1 saturated heterocycles. The molecule has 2 aromatic carbocycles. The van der Waals surface area contributed by atoms with E-state index in [1.54, 1.807) is 25.7 Å². The lowest BCUT2D eigenvalue weighted by Gasteiger charge is -2.15. The fourth-order valence-electron chi connectivity index (χ4n) is 5.40. The van der Waals surface area contributed by atoms with E-state index in [9.17, 15) is 4.39 Å². The van der Waals surface area contributed by atoms with Gasteiger partial charge in [0.05, 0.1) is 30.0 Å². The van der Waals surface area contributed by atoms with E-state index >= 15 is 0 Å². The number of H-pyrrole nitrogens is 2. The highest BCUT2D eigenvalue weighted by Crippen LogP contribution is 2.34. The van der Waals surface area contributed by atoms with Crippen molar-refractivity contribution in [2.75, 3.05) is 33.4 Å². The van der Waals surface area contributed by atoms with Crippen LogP contribution in [0.5, 0.6) is 11.5 Å². The molecular formula is C31H28FN7O2. The number of benzene rings is 2. The zero-order valence-corrected chi connectivity index (χ0v) is 22.5. The summed E-state index contributed by atoms with van der Waals surface area (Å²) in [6.07, 6.45) is 7.61. The van der Waals surface area contributed by atoms with Crippen LogP contribution in [0.4, 0.5) is 4.39 Å². The normalized spacial score (nSPS) is 13.8. The molecule has 41 heavy (non-hydrogen) atoms. The van der Waals surface area contributed by atoms with Crippen molar-refractivity contribution in [1.29, 1.82) is 0 Å². The predicted octanol–water partition coefficient (Wildman–Crippen LogP) is 5.85. The molecule has 10 heteroatoms. The first-order valence-electron chi connectivity index (χ1n) is 13.6. The lowest BCUT2D eigenvalue weighted by Crippen LogP contribution is -2.25. The molecule has 0 bridgehead atoms. The molecule has 0 unspecified atom stereocenters. The zero-order valence-electron chi connectivity index (χ0n) is 22.5. The molecule has 0 saturated carbocycles. The van der Waals surface area contributed by atoms with E-state index in [4.69, 9.17) is 14.5 Å². The van der Waals surface area contributed by atoms with Crippen molar-refractivity contribution in [3.8, 4) is 45.4 Å². The van der Waals surface area contributed by atoms with Gasteiger partial charge in [0.1, 0.15) is 35.1 Å². The van der Waals surface area contributed by atoms with E-state index in [0.29, 0.717) is 46.4 Å².